The lowest BCUT2D eigenvalue weighted by Gasteiger charge is -2.14. The molecule has 1 heterocycles. The molecule has 0 fully saturated rings. The number of nitrogens with zero attached hydrogens (tertiary/aromatic N) is 1. The summed E-state index contributed by atoms with van der Waals surface area (Å²) < 4.78 is 10.2. The van der Waals surface area contributed by atoms with Gasteiger partial charge >= 0.3 is 6.09 Å². The van der Waals surface area contributed by atoms with E-state index in [1.165, 1.54) is 12.6 Å². The summed E-state index contributed by atoms with van der Waals surface area (Å²) >= 11 is 0. The summed E-state index contributed by atoms with van der Waals surface area (Å²) in [5, 5.41) is 5.50. The topological polar surface area (TPSA) is 93.5 Å². The molecule has 28 heavy (non-hydrogen) atoms. The van der Waals surface area contributed by atoms with Gasteiger partial charge in [0.15, 0.2) is 6.39 Å². The number of amides is 2. The Morgan fingerprint density at radius 3 is 2.46 bits per heavy atom. The van der Waals surface area contributed by atoms with Crippen molar-refractivity contribution in [3.63, 3.8) is 0 Å². The summed E-state index contributed by atoms with van der Waals surface area (Å²) in [5.74, 6) is -0.187. The zero-order valence-electron chi connectivity index (χ0n) is 15.6. The number of aromatic nitrogens is 1. The van der Waals surface area contributed by atoms with Gasteiger partial charge in [-0.1, -0.05) is 42.0 Å². The lowest BCUT2D eigenvalue weighted by atomic mass is 10.1. The van der Waals surface area contributed by atoms with E-state index in [2.05, 4.69) is 15.6 Å². The largest absolute Gasteiger partial charge is 0.444 e. The maximum absolute atomic E-state index is 12.0. The van der Waals surface area contributed by atoms with Gasteiger partial charge in [0, 0.05) is 5.69 Å². The van der Waals surface area contributed by atoms with Crippen LogP contribution in [0.25, 0.3) is 0 Å². The number of carbonyl (C=O) groups is 2. The van der Waals surface area contributed by atoms with E-state index in [1.807, 2.05) is 50.2 Å². The standard InChI is InChI=1S/C21H21N3O4/c1-14-3-5-16(6-4-14)12-27-21(26)24-18-9-7-17(8-10-18)15(2)23-20(25)19-11-22-13-28-19/h3-11,13,15H,12H2,1-2H3,(H,23,25)(H,24,26)/t15-/m0/s1. The van der Waals surface area contributed by atoms with Crippen LogP contribution in [0.1, 0.15) is 40.2 Å². The zero-order chi connectivity index (χ0) is 19.9. The first kappa shape index (κ1) is 19.2. The van der Waals surface area contributed by atoms with E-state index in [0.717, 1.165) is 16.7 Å². The van der Waals surface area contributed by atoms with Crippen LogP contribution >= 0.6 is 0 Å². The van der Waals surface area contributed by atoms with Crippen molar-refractivity contribution in [2.45, 2.75) is 26.5 Å². The van der Waals surface area contributed by atoms with Crippen LogP contribution in [-0.2, 0) is 11.3 Å². The average Bonchev–Trinajstić information content (AvgIpc) is 3.23. The van der Waals surface area contributed by atoms with Gasteiger partial charge < -0.3 is 14.5 Å². The van der Waals surface area contributed by atoms with Crippen molar-refractivity contribution in [3.05, 3.63) is 83.6 Å². The lowest BCUT2D eigenvalue weighted by molar-refractivity contribution is 0.0912. The molecule has 0 saturated carbocycles. The molecule has 0 aliphatic heterocycles. The van der Waals surface area contributed by atoms with Gasteiger partial charge in [0.2, 0.25) is 5.76 Å². The van der Waals surface area contributed by atoms with Crippen LogP contribution in [-0.4, -0.2) is 17.0 Å². The highest BCUT2D eigenvalue weighted by Crippen LogP contribution is 2.17. The molecule has 0 bridgehead atoms. The van der Waals surface area contributed by atoms with Crippen LogP contribution in [0.2, 0.25) is 0 Å². The predicted octanol–water partition coefficient (Wildman–Crippen LogP) is 4.22. The highest BCUT2D eigenvalue weighted by atomic mass is 16.5. The second-order valence-electron chi connectivity index (χ2n) is 6.37. The zero-order valence-corrected chi connectivity index (χ0v) is 15.6. The van der Waals surface area contributed by atoms with Crippen LogP contribution in [0.3, 0.4) is 0 Å². The van der Waals surface area contributed by atoms with E-state index in [-0.39, 0.29) is 24.3 Å². The number of hydrogen-bond donors (Lipinski definition) is 2. The SMILES string of the molecule is Cc1ccc(COC(=O)Nc2ccc([C@H](C)NC(=O)c3cnco3)cc2)cc1. The number of oxazole rings is 1. The van der Waals surface area contributed by atoms with Crippen molar-refractivity contribution in [1.29, 1.82) is 0 Å². The van der Waals surface area contributed by atoms with Gasteiger partial charge in [0.05, 0.1) is 12.2 Å². The first-order valence-corrected chi connectivity index (χ1v) is 8.80. The van der Waals surface area contributed by atoms with Gasteiger partial charge in [0.25, 0.3) is 5.91 Å². The molecule has 3 aromatic rings. The molecule has 0 unspecified atom stereocenters. The molecular formula is C21H21N3O4. The van der Waals surface area contributed by atoms with Gasteiger partial charge in [-0.3, -0.25) is 10.1 Å². The van der Waals surface area contributed by atoms with Crippen LogP contribution in [0.4, 0.5) is 10.5 Å². The molecule has 1 aromatic heterocycles. The fraction of sp³-hybridized carbons (Fsp3) is 0.190. The highest BCUT2D eigenvalue weighted by Gasteiger charge is 2.14. The monoisotopic (exact) mass is 379 g/mol. The van der Waals surface area contributed by atoms with Crippen molar-refractivity contribution in [2.24, 2.45) is 0 Å². The van der Waals surface area contributed by atoms with Crippen molar-refractivity contribution in [3.8, 4) is 0 Å². The summed E-state index contributed by atoms with van der Waals surface area (Å²) in [6.07, 6.45) is 2.04. The Balaban J connectivity index is 1.49. The van der Waals surface area contributed by atoms with E-state index in [1.54, 1.807) is 12.1 Å². The molecule has 2 N–H and O–H groups in total. The van der Waals surface area contributed by atoms with Gasteiger partial charge in [-0.25, -0.2) is 9.78 Å². The second-order valence-corrected chi connectivity index (χ2v) is 6.37. The summed E-state index contributed by atoms with van der Waals surface area (Å²) in [6.45, 7) is 4.06. The summed E-state index contributed by atoms with van der Waals surface area (Å²) in [4.78, 5) is 27.7. The third-order valence-corrected chi connectivity index (χ3v) is 4.15. The third kappa shape index (κ3) is 5.20. The average molecular weight is 379 g/mol. The van der Waals surface area contributed by atoms with Gasteiger partial charge in [-0.15, -0.1) is 0 Å². The number of ether oxygens (including phenoxy) is 1. The van der Waals surface area contributed by atoms with Crippen molar-refractivity contribution < 1.29 is 18.7 Å². The maximum atomic E-state index is 12.0. The minimum Gasteiger partial charge on any atom is -0.444 e. The summed E-state index contributed by atoms with van der Waals surface area (Å²) in [7, 11) is 0. The fourth-order valence-corrected chi connectivity index (χ4v) is 2.52. The molecule has 3 rings (SSSR count). The van der Waals surface area contributed by atoms with E-state index >= 15 is 0 Å². The number of nitrogens with one attached hydrogen (secondary N) is 2. The smallest absolute Gasteiger partial charge is 0.411 e. The molecule has 144 valence electrons. The number of carbonyl (C=O) groups excluding carboxylic acids is 2. The number of rotatable bonds is 6. The Hall–Kier alpha value is -3.61. The number of aryl methyl sites for hydroxylation is 1. The third-order valence-electron chi connectivity index (χ3n) is 4.15. The molecule has 7 nitrogen and oxygen atoms in total. The summed E-state index contributed by atoms with van der Waals surface area (Å²) in [6, 6.07) is 14.7. The second kappa shape index (κ2) is 8.85. The lowest BCUT2D eigenvalue weighted by Crippen LogP contribution is -2.26. The normalized spacial score (nSPS) is 11.5. The Morgan fingerprint density at radius 1 is 1.11 bits per heavy atom. The van der Waals surface area contributed by atoms with E-state index in [9.17, 15) is 9.59 Å². The number of benzene rings is 2. The van der Waals surface area contributed by atoms with E-state index in [0.29, 0.717) is 5.69 Å². The first-order valence-electron chi connectivity index (χ1n) is 8.80. The van der Waals surface area contributed by atoms with Gasteiger partial charge in [-0.2, -0.15) is 0 Å². The van der Waals surface area contributed by atoms with Crippen molar-refractivity contribution in [2.75, 3.05) is 5.32 Å². The van der Waals surface area contributed by atoms with Crippen LogP contribution in [0.5, 0.6) is 0 Å². The molecule has 2 amide bonds. The molecular weight excluding hydrogens is 358 g/mol. The number of hydrogen-bond acceptors (Lipinski definition) is 5. The minimum atomic E-state index is -0.528. The van der Waals surface area contributed by atoms with Crippen LogP contribution in [0.15, 0.2) is 65.5 Å². The summed E-state index contributed by atoms with van der Waals surface area (Å²) in [5.41, 5.74) is 3.56. The minimum absolute atomic E-state index is 0.154. The van der Waals surface area contributed by atoms with Crippen LogP contribution < -0.4 is 10.6 Å². The quantitative estimate of drug-likeness (QED) is 0.669. The molecule has 0 radical (unpaired) electrons. The molecule has 2 aromatic carbocycles. The van der Waals surface area contributed by atoms with E-state index in [4.69, 9.17) is 9.15 Å². The number of anilines is 1. The Labute approximate surface area is 162 Å². The molecule has 0 spiro atoms. The van der Waals surface area contributed by atoms with Gasteiger partial charge in [-0.05, 0) is 37.1 Å². The molecule has 0 saturated heterocycles. The van der Waals surface area contributed by atoms with E-state index < -0.39 is 6.09 Å². The van der Waals surface area contributed by atoms with Gasteiger partial charge in [0.1, 0.15) is 6.61 Å². The van der Waals surface area contributed by atoms with Crippen molar-refractivity contribution >= 4 is 17.7 Å². The highest BCUT2D eigenvalue weighted by molar-refractivity contribution is 5.91. The Bertz CT molecular complexity index is 919. The first-order chi connectivity index (χ1) is 13.5. The fourth-order valence-electron chi connectivity index (χ4n) is 2.52. The predicted molar refractivity (Wildman–Crippen MR) is 104 cm³/mol. The van der Waals surface area contributed by atoms with Crippen LogP contribution in [0, 0.1) is 6.92 Å². The Morgan fingerprint density at radius 2 is 1.82 bits per heavy atom. The molecule has 7 heteroatoms. The Kier molecular flexibility index (Phi) is 6.06. The molecule has 0 aliphatic carbocycles. The molecule has 0 aliphatic rings. The molecule has 1 atom stereocenters. The van der Waals surface area contributed by atoms with Crippen molar-refractivity contribution in [1.82, 2.24) is 10.3 Å². The maximum Gasteiger partial charge on any atom is 0.411 e.